The predicted molar refractivity (Wildman–Crippen MR) is 131 cm³/mol. The zero-order valence-electron chi connectivity index (χ0n) is 20.6. The smallest absolute Gasteiger partial charge is 0.320 e. The fourth-order valence-corrected chi connectivity index (χ4v) is 4.65. The van der Waals surface area contributed by atoms with Gasteiger partial charge in [-0.2, -0.15) is 0 Å². The van der Waals surface area contributed by atoms with Crippen LogP contribution in [0.4, 0.5) is 0 Å². The van der Waals surface area contributed by atoms with Gasteiger partial charge in [0.15, 0.2) is 0 Å². The highest BCUT2D eigenvalue weighted by Gasteiger charge is 2.29. The highest BCUT2D eigenvalue weighted by atomic mass is 16.4. The molecular weight excluding hydrogens is 418 g/mol. The molecule has 7 nitrogen and oxygen atoms in total. The van der Waals surface area contributed by atoms with Crippen LogP contribution in [-0.4, -0.2) is 51.0 Å². The topological polar surface area (TPSA) is 106 Å². The van der Waals surface area contributed by atoms with Crippen molar-refractivity contribution < 1.29 is 19.5 Å². The van der Waals surface area contributed by atoms with Crippen LogP contribution in [0.2, 0.25) is 0 Å². The number of aromatic nitrogens is 1. The molecule has 0 fully saturated rings. The Morgan fingerprint density at radius 1 is 1.09 bits per heavy atom. The normalized spacial score (nSPS) is 13.5. The van der Waals surface area contributed by atoms with Gasteiger partial charge < -0.3 is 15.7 Å². The van der Waals surface area contributed by atoms with E-state index in [-0.39, 0.29) is 36.6 Å². The molecule has 2 atom stereocenters. The van der Waals surface area contributed by atoms with Gasteiger partial charge in [-0.15, -0.1) is 0 Å². The van der Waals surface area contributed by atoms with Crippen LogP contribution in [0.15, 0.2) is 30.5 Å². The number of fused-ring (bicyclic) bond motifs is 1. The molecule has 1 heterocycles. The highest BCUT2D eigenvalue weighted by molar-refractivity contribution is 5.97. The molecule has 0 aliphatic rings. The lowest BCUT2D eigenvalue weighted by Crippen LogP contribution is -2.41. The molecule has 0 unspecified atom stereocenters. The van der Waals surface area contributed by atoms with Crippen molar-refractivity contribution >= 4 is 28.7 Å². The van der Waals surface area contributed by atoms with E-state index in [1.807, 2.05) is 49.9 Å². The van der Waals surface area contributed by atoms with Crippen molar-refractivity contribution in [3.63, 3.8) is 0 Å². The van der Waals surface area contributed by atoms with Crippen LogP contribution in [0.25, 0.3) is 10.9 Å². The average molecular weight is 458 g/mol. The molecule has 1 amide bonds. The Hall–Kier alpha value is -2.67. The second-order valence-electron chi connectivity index (χ2n) is 9.21. The number of carbonyl (C=O) groups excluding carboxylic acids is 2. The van der Waals surface area contributed by atoms with Gasteiger partial charge in [-0.25, -0.2) is 0 Å². The number of carbonyl (C=O) groups is 3. The minimum absolute atomic E-state index is 0.00906. The maximum Gasteiger partial charge on any atom is 0.320 e. The van der Waals surface area contributed by atoms with E-state index in [1.54, 1.807) is 10.8 Å². The summed E-state index contributed by atoms with van der Waals surface area (Å²) in [7, 11) is 0. The van der Waals surface area contributed by atoms with Crippen molar-refractivity contribution in [1.29, 1.82) is 0 Å². The molecule has 0 bridgehead atoms. The summed E-state index contributed by atoms with van der Waals surface area (Å²) in [6, 6.07) is 6.55. The van der Waals surface area contributed by atoms with Gasteiger partial charge in [-0.1, -0.05) is 45.9 Å². The van der Waals surface area contributed by atoms with Crippen molar-refractivity contribution in [2.24, 2.45) is 17.6 Å². The average Bonchev–Trinajstić information content (AvgIpc) is 3.14. The van der Waals surface area contributed by atoms with E-state index in [4.69, 9.17) is 5.73 Å². The maximum atomic E-state index is 13.7. The highest BCUT2D eigenvalue weighted by Crippen LogP contribution is 2.27. The Morgan fingerprint density at radius 3 is 2.27 bits per heavy atom. The first-order valence-corrected chi connectivity index (χ1v) is 12.0. The summed E-state index contributed by atoms with van der Waals surface area (Å²) >= 11 is 0. The second-order valence-corrected chi connectivity index (χ2v) is 9.21. The number of aliphatic carboxylic acids is 1. The summed E-state index contributed by atoms with van der Waals surface area (Å²) in [6.45, 7) is 10.9. The third-order valence-electron chi connectivity index (χ3n) is 6.36. The molecule has 1 aromatic heterocycles. The van der Waals surface area contributed by atoms with E-state index >= 15 is 0 Å². The van der Waals surface area contributed by atoms with Gasteiger partial charge in [0.05, 0.1) is 5.52 Å². The minimum Gasteiger partial charge on any atom is -0.480 e. The minimum atomic E-state index is -1.08. The molecule has 1 aromatic carbocycles. The number of rotatable bonds is 12. The Kier molecular flexibility index (Phi) is 9.65. The molecule has 0 spiro atoms. The van der Waals surface area contributed by atoms with Crippen LogP contribution >= 0.6 is 0 Å². The third kappa shape index (κ3) is 6.44. The zero-order valence-corrected chi connectivity index (χ0v) is 20.6. The van der Waals surface area contributed by atoms with Gasteiger partial charge >= 0.3 is 5.97 Å². The SMILES string of the molecule is CCC(CC)N(CC)C(=O)C[C@@H](CC(C)C)C(=O)n1cc(C[C@@H](N)C(=O)O)c2ccccc21. The van der Waals surface area contributed by atoms with Crippen molar-refractivity contribution in [3.8, 4) is 0 Å². The van der Waals surface area contributed by atoms with Crippen LogP contribution in [0, 0.1) is 11.8 Å². The van der Waals surface area contributed by atoms with Crippen LogP contribution in [0.3, 0.4) is 0 Å². The molecule has 182 valence electrons. The summed E-state index contributed by atoms with van der Waals surface area (Å²) in [4.78, 5) is 40.1. The third-order valence-corrected chi connectivity index (χ3v) is 6.36. The number of nitrogens with two attached hydrogens (primary N) is 1. The molecule has 7 heteroatoms. The lowest BCUT2D eigenvalue weighted by molar-refractivity contribution is -0.138. The summed E-state index contributed by atoms with van der Waals surface area (Å²) in [6.07, 6.45) is 4.36. The first kappa shape index (κ1) is 26.6. The Morgan fingerprint density at radius 2 is 1.73 bits per heavy atom. The molecule has 2 aromatic rings. The van der Waals surface area contributed by atoms with Crippen LogP contribution in [0.5, 0.6) is 0 Å². The molecule has 0 radical (unpaired) electrons. The van der Waals surface area contributed by atoms with E-state index in [1.165, 1.54) is 0 Å². The number of para-hydroxylation sites is 1. The fourth-order valence-electron chi connectivity index (χ4n) is 4.65. The standard InChI is InChI=1S/C26H39N3O4/c1-6-20(7-2)28(8-3)24(30)15-18(13-17(4)5)25(31)29-16-19(14-22(27)26(32)33)21-11-9-10-12-23(21)29/h9-12,16-18,20,22H,6-8,13-15,27H2,1-5H3,(H,32,33)/t18-,22-/m1/s1. The van der Waals surface area contributed by atoms with E-state index in [2.05, 4.69) is 13.8 Å². The van der Waals surface area contributed by atoms with Gasteiger partial charge in [-0.3, -0.25) is 19.0 Å². The number of amides is 1. The fraction of sp³-hybridized carbons (Fsp3) is 0.577. The first-order valence-electron chi connectivity index (χ1n) is 12.0. The van der Waals surface area contributed by atoms with Crippen LogP contribution < -0.4 is 5.73 Å². The van der Waals surface area contributed by atoms with Gasteiger partial charge in [0.1, 0.15) is 6.04 Å². The summed E-state index contributed by atoms with van der Waals surface area (Å²) in [5, 5.41) is 10.0. The largest absolute Gasteiger partial charge is 0.480 e. The van der Waals surface area contributed by atoms with Gasteiger partial charge in [0.2, 0.25) is 11.8 Å². The van der Waals surface area contributed by atoms with Crippen molar-refractivity contribution in [1.82, 2.24) is 9.47 Å². The molecule has 0 saturated carbocycles. The molecule has 0 saturated heterocycles. The lowest BCUT2D eigenvalue weighted by atomic mass is 9.92. The quantitative estimate of drug-likeness (QED) is 0.494. The number of carboxylic acid groups (broad SMARTS) is 1. The van der Waals surface area contributed by atoms with Crippen molar-refractivity contribution in [2.45, 2.75) is 78.8 Å². The summed E-state index contributed by atoms with van der Waals surface area (Å²) < 4.78 is 1.59. The number of nitrogens with zero attached hydrogens (tertiary/aromatic N) is 2. The molecule has 2 rings (SSSR count). The Balaban J connectivity index is 2.41. The Bertz CT molecular complexity index is 962. The van der Waals surface area contributed by atoms with Crippen molar-refractivity contribution in [2.75, 3.05) is 6.54 Å². The number of hydrogen-bond donors (Lipinski definition) is 2. The van der Waals surface area contributed by atoms with E-state index in [9.17, 15) is 19.5 Å². The number of hydrogen-bond acceptors (Lipinski definition) is 4. The molecule has 3 N–H and O–H groups in total. The number of carboxylic acids is 1. The van der Waals surface area contributed by atoms with Gasteiger partial charge in [-0.05, 0) is 43.7 Å². The zero-order chi connectivity index (χ0) is 24.7. The van der Waals surface area contributed by atoms with E-state index < -0.39 is 17.9 Å². The van der Waals surface area contributed by atoms with Crippen LogP contribution in [-0.2, 0) is 16.0 Å². The van der Waals surface area contributed by atoms with Gasteiger partial charge in [0.25, 0.3) is 0 Å². The lowest BCUT2D eigenvalue weighted by Gasteiger charge is -2.31. The van der Waals surface area contributed by atoms with E-state index in [0.29, 0.717) is 18.5 Å². The van der Waals surface area contributed by atoms with E-state index in [0.717, 1.165) is 23.8 Å². The summed E-state index contributed by atoms with van der Waals surface area (Å²) in [5.41, 5.74) is 7.21. The first-order chi connectivity index (χ1) is 15.6. The van der Waals surface area contributed by atoms with Crippen molar-refractivity contribution in [3.05, 3.63) is 36.0 Å². The second kappa shape index (κ2) is 12.0. The monoisotopic (exact) mass is 457 g/mol. The molecule has 0 aliphatic carbocycles. The summed E-state index contributed by atoms with van der Waals surface area (Å²) in [5.74, 6) is -1.42. The Labute approximate surface area is 196 Å². The molecule has 33 heavy (non-hydrogen) atoms. The predicted octanol–water partition coefficient (Wildman–Crippen LogP) is 4.33. The number of benzene rings is 1. The van der Waals surface area contributed by atoms with Gasteiger partial charge in [0, 0.05) is 42.9 Å². The molecule has 0 aliphatic heterocycles. The molecular formula is C26H39N3O4. The maximum absolute atomic E-state index is 13.7. The van der Waals surface area contributed by atoms with Crippen LogP contribution in [0.1, 0.15) is 70.7 Å².